The molecule has 0 atom stereocenters. The fraction of sp³-hybridized carbons (Fsp3) is 0.562. The van der Waals surface area contributed by atoms with Crippen molar-refractivity contribution in [3.8, 4) is 11.5 Å². The van der Waals surface area contributed by atoms with Gasteiger partial charge in [0.2, 0.25) is 5.91 Å². The number of hydrogen-bond acceptors (Lipinski definition) is 4. The molecule has 1 aliphatic heterocycles. The van der Waals surface area contributed by atoms with Crippen LogP contribution in [0.25, 0.3) is 0 Å². The van der Waals surface area contributed by atoms with E-state index in [1.54, 1.807) is 0 Å². The van der Waals surface area contributed by atoms with Gasteiger partial charge in [-0.15, -0.1) is 0 Å². The molecule has 0 fully saturated rings. The molecule has 0 saturated heterocycles. The number of nitrogens with zero attached hydrogens (tertiary/aromatic N) is 2. The van der Waals surface area contributed by atoms with Crippen LogP contribution in [0.15, 0.2) is 12.1 Å². The first-order chi connectivity index (χ1) is 10.5. The van der Waals surface area contributed by atoms with Crippen LogP contribution >= 0.6 is 11.6 Å². The van der Waals surface area contributed by atoms with Gasteiger partial charge in [0.05, 0.1) is 11.6 Å². The highest BCUT2D eigenvalue weighted by atomic mass is 35.5. The molecule has 1 aliphatic rings. The Morgan fingerprint density at radius 2 is 1.91 bits per heavy atom. The minimum atomic E-state index is 0.135. The van der Waals surface area contributed by atoms with Gasteiger partial charge in [-0.1, -0.05) is 11.6 Å². The highest BCUT2D eigenvalue weighted by molar-refractivity contribution is 6.32. The molecular weight excluding hydrogens is 304 g/mol. The lowest BCUT2D eigenvalue weighted by molar-refractivity contribution is -0.131. The maximum Gasteiger partial charge on any atom is 0.236 e. The molecule has 6 heteroatoms. The standard InChI is InChI=1S/C16H23ClN2O3/c1-4-19(5-2)15(20)11-18(3)10-12-8-13(17)16-14(9-12)21-6-7-22-16/h8-9H,4-7,10-11H2,1-3H3. The van der Waals surface area contributed by atoms with Gasteiger partial charge in [0.1, 0.15) is 13.2 Å². The number of hydrogen-bond donors (Lipinski definition) is 0. The molecule has 2 rings (SSSR count). The summed E-state index contributed by atoms with van der Waals surface area (Å²) in [5, 5.41) is 0.552. The molecule has 1 aromatic rings. The number of amides is 1. The fourth-order valence-electron chi connectivity index (χ4n) is 2.53. The van der Waals surface area contributed by atoms with Crippen LogP contribution in [0.5, 0.6) is 11.5 Å². The predicted octanol–water partition coefficient (Wildman–Crippen LogP) is 2.41. The van der Waals surface area contributed by atoms with Crippen LogP contribution in [-0.2, 0) is 11.3 Å². The summed E-state index contributed by atoms with van der Waals surface area (Å²) in [5.74, 6) is 1.42. The molecular formula is C16H23ClN2O3. The summed E-state index contributed by atoms with van der Waals surface area (Å²) >= 11 is 6.23. The minimum absolute atomic E-state index is 0.135. The van der Waals surface area contributed by atoms with Crippen molar-refractivity contribution in [1.82, 2.24) is 9.80 Å². The summed E-state index contributed by atoms with van der Waals surface area (Å²) in [4.78, 5) is 15.9. The average Bonchev–Trinajstić information content (AvgIpc) is 2.48. The van der Waals surface area contributed by atoms with Crippen LogP contribution in [0.2, 0.25) is 5.02 Å². The van der Waals surface area contributed by atoms with Gasteiger partial charge in [-0.2, -0.15) is 0 Å². The second-order valence-corrected chi connectivity index (χ2v) is 5.75. The monoisotopic (exact) mass is 326 g/mol. The van der Waals surface area contributed by atoms with E-state index in [0.29, 0.717) is 42.8 Å². The quantitative estimate of drug-likeness (QED) is 0.805. The number of rotatable bonds is 6. The lowest BCUT2D eigenvalue weighted by atomic mass is 10.2. The SMILES string of the molecule is CCN(CC)C(=O)CN(C)Cc1cc(Cl)c2c(c1)OCCO2. The molecule has 1 heterocycles. The molecule has 22 heavy (non-hydrogen) atoms. The van der Waals surface area contributed by atoms with Gasteiger partial charge < -0.3 is 14.4 Å². The predicted molar refractivity (Wildman–Crippen MR) is 86.7 cm³/mol. The van der Waals surface area contributed by atoms with Crippen molar-refractivity contribution in [2.24, 2.45) is 0 Å². The van der Waals surface area contributed by atoms with E-state index in [-0.39, 0.29) is 5.91 Å². The van der Waals surface area contributed by atoms with Crippen LogP contribution in [0.1, 0.15) is 19.4 Å². The van der Waals surface area contributed by atoms with E-state index in [1.165, 1.54) is 0 Å². The molecule has 0 N–H and O–H groups in total. The summed E-state index contributed by atoms with van der Waals surface area (Å²) < 4.78 is 11.1. The molecule has 0 saturated carbocycles. The van der Waals surface area contributed by atoms with Crippen LogP contribution < -0.4 is 9.47 Å². The summed E-state index contributed by atoms with van der Waals surface area (Å²) in [5.41, 5.74) is 1.00. The minimum Gasteiger partial charge on any atom is -0.486 e. The highest BCUT2D eigenvalue weighted by Gasteiger charge is 2.18. The molecule has 0 bridgehead atoms. The zero-order valence-corrected chi connectivity index (χ0v) is 14.2. The van der Waals surface area contributed by atoms with E-state index in [1.807, 2.05) is 42.8 Å². The number of benzene rings is 1. The molecule has 0 aliphatic carbocycles. The summed E-state index contributed by atoms with van der Waals surface area (Å²) in [6, 6.07) is 3.80. The van der Waals surface area contributed by atoms with Gasteiger partial charge in [0, 0.05) is 19.6 Å². The molecule has 0 aromatic heterocycles. The number of ether oxygens (including phenoxy) is 2. The zero-order valence-electron chi connectivity index (χ0n) is 13.4. The Bertz CT molecular complexity index is 532. The first kappa shape index (κ1) is 16.9. The Kier molecular flexibility index (Phi) is 5.91. The van der Waals surface area contributed by atoms with Gasteiger partial charge >= 0.3 is 0 Å². The number of halogens is 1. The van der Waals surface area contributed by atoms with Gasteiger partial charge in [0.25, 0.3) is 0 Å². The van der Waals surface area contributed by atoms with Crippen molar-refractivity contribution < 1.29 is 14.3 Å². The normalized spacial score (nSPS) is 13.3. The maximum atomic E-state index is 12.1. The third kappa shape index (κ3) is 4.05. The van der Waals surface area contributed by atoms with E-state index < -0.39 is 0 Å². The lowest BCUT2D eigenvalue weighted by Crippen LogP contribution is -2.38. The Morgan fingerprint density at radius 3 is 2.59 bits per heavy atom. The number of carbonyl (C=O) groups excluding carboxylic acids is 1. The Balaban J connectivity index is 2.01. The fourth-order valence-corrected chi connectivity index (χ4v) is 2.82. The molecule has 1 amide bonds. The van der Waals surface area contributed by atoms with E-state index in [4.69, 9.17) is 21.1 Å². The Morgan fingerprint density at radius 1 is 1.23 bits per heavy atom. The Labute approximate surface area is 136 Å². The first-order valence-corrected chi connectivity index (χ1v) is 7.97. The number of carbonyl (C=O) groups is 1. The number of likely N-dealkylation sites (N-methyl/N-ethyl adjacent to an activating group) is 2. The van der Waals surface area contributed by atoms with Gasteiger partial charge in [0.15, 0.2) is 11.5 Å². The second kappa shape index (κ2) is 7.70. The van der Waals surface area contributed by atoms with E-state index >= 15 is 0 Å². The molecule has 1 aromatic carbocycles. The topological polar surface area (TPSA) is 42.0 Å². The van der Waals surface area contributed by atoms with Crippen LogP contribution in [0.4, 0.5) is 0 Å². The van der Waals surface area contributed by atoms with Crippen LogP contribution in [0, 0.1) is 0 Å². The third-order valence-corrected chi connectivity index (χ3v) is 3.91. The highest BCUT2D eigenvalue weighted by Crippen LogP contribution is 2.38. The van der Waals surface area contributed by atoms with Crippen molar-refractivity contribution in [2.75, 3.05) is 39.9 Å². The molecule has 0 radical (unpaired) electrons. The van der Waals surface area contributed by atoms with Crippen molar-refractivity contribution in [1.29, 1.82) is 0 Å². The Hall–Kier alpha value is -1.46. The number of fused-ring (bicyclic) bond motifs is 1. The van der Waals surface area contributed by atoms with E-state index in [2.05, 4.69) is 0 Å². The van der Waals surface area contributed by atoms with Gasteiger partial charge in [-0.3, -0.25) is 9.69 Å². The molecule has 0 unspecified atom stereocenters. The smallest absolute Gasteiger partial charge is 0.236 e. The van der Waals surface area contributed by atoms with Gasteiger partial charge in [-0.25, -0.2) is 0 Å². The molecule has 122 valence electrons. The van der Waals surface area contributed by atoms with Crippen molar-refractivity contribution in [3.63, 3.8) is 0 Å². The molecule has 5 nitrogen and oxygen atoms in total. The summed E-state index contributed by atoms with van der Waals surface area (Å²) in [7, 11) is 1.92. The van der Waals surface area contributed by atoms with Crippen molar-refractivity contribution in [2.45, 2.75) is 20.4 Å². The average molecular weight is 327 g/mol. The summed E-state index contributed by atoms with van der Waals surface area (Å²) in [6.45, 7) is 7.51. The van der Waals surface area contributed by atoms with Crippen LogP contribution in [0.3, 0.4) is 0 Å². The largest absolute Gasteiger partial charge is 0.486 e. The zero-order chi connectivity index (χ0) is 16.1. The molecule has 0 spiro atoms. The van der Waals surface area contributed by atoms with Crippen molar-refractivity contribution in [3.05, 3.63) is 22.7 Å². The van der Waals surface area contributed by atoms with E-state index in [0.717, 1.165) is 18.7 Å². The summed E-state index contributed by atoms with van der Waals surface area (Å²) in [6.07, 6.45) is 0. The lowest BCUT2D eigenvalue weighted by Gasteiger charge is -2.24. The maximum absolute atomic E-state index is 12.1. The van der Waals surface area contributed by atoms with Crippen molar-refractivity contribution >= 4 is 17.5 Å². The van der Waals surface area contributed by atoms with E-state index in [9.17, 15) is 4.79 Å². The van der Waals surface area contributed by atoms with Crippen LogP contribution in [-0.4, -0.2) is 55.6 Å². The first-order valence-electron chi connectivity index (χ1n) is 7.59. The third-order valence-electron chi connectivity index (χ3n) is 3.63. The second-order valence-electron chi connectivity index (χ2n) is 5.34. The van der Waals surface area contributed by atoms with Gasteiger partial charge in [-0.05, 0) is 38.6 Å².